The largest absolute Gasteiger partial charge is 0.461 e. The lowest BCUT2D eigenvalue weighted by atomic mass is 9.81. The van der Waals surface area contributed by atoms with Crippen LogP contribution in [0.5, 0.6) is 5.75 Å². The van der Waals surface area contributed by atoms with Crippen LogP contribution in [0.1, 0.15) is 77.4 Å². The number of nitrogens with one attached hydrogen (secondary N) is 2. The molecule has 2 N–H and O–H groups in total. The fourth-order valence-electron chi connectivity index (χ4n) is 10.1. The molecule has 12 rings (SSSR count). The Morgan fingerprint density at radius 3 is 2.54 bits per heavy atom. The molecule has 5 atom stereocenters. The Labute approximate surface area is 337 Å². The van der Waals surface area contributed by atoms with Crippen molar-refractivity contribution in [2.24, 2.45) is 10.9 Å². The summed E-state index contributed by atoms with van der Waals surface area (Å²) in [7, 11) is 0. The Bertz CT molecular complexity index is 2740. The van der Waals surface area contributed by atoms with Gasteiger partial charge in [-0.25, -0.2) is 4.99 Å². The molecule has 0 saturated carbocycles. The molecule has 0 bridgehead atoms. The van der Waals surface area contributed by atoms with Crippen molar-refractivity contribution in [1.82, 2.24) is 15.2 Å². The van der Waals surface area contributed by atoms with Crippen molar-refractivity contribution in [3.05, 3.63) is 207 Å². The standard InChI is InChI=1S/C51H42N4OS/c1-3-12-31(13-4-1)49-52-50(32-14-5-2-6-15-32)54-51(53-49)39-18-11-20-44-48(39)38-25-24-35(30-45(38)56-44)55-42-19-9-7-16-36(42)40-28-33(22-26-43(40)55)34-23-27-47-41(29-34)37-17-8-10-21-46(37)57-47/h1-7,9-16,18-24,26,29-30,33,38,47,49-50,52H,8,17,25,27-28H2,(H,53,54). The fourth-order valence-corrected chi connectivity index (χ4v) is 11.5. The van der Waals surface area contributed by atoms with Crippen molar-refractivity contribution >= 4 is 40.3 Å². The highest BCUT2D eigenvalue weighted by molar-refractivity contribution is 8.04. The molecule has 7 aliphatic rings. The summed E-state index contributed by atoms with van der Waals surface area (Å²) in [4.78, 5) is 6.81. The number of hydrogen-bond acceptors (Lipinski definition) is 5. The van der Waals surface area contributed by atoms with Gasteiger partial charge in [0.1, 0.15) is 29.7 Å². The molecule has 3 aliphatic heterocycles. The Morgan fingerprint density at radius 1 is 0.807 bits per heavy atom. The van der Waals surface area contributed by atoms with Crippen LogP contribution in [0.4, 0.5) is 0 Å². The highest BCUT2D eigenvalue weighted by Crippen LogP contribution is 2.52. The first-order valence-corrected chi connectivity index (χ1v) is 21.3. The van der Waals surface area contributed by atoms with Gasteiger partial charge in [0.2, 0.25) is 0 Å². The van der Waals surface area contributed by atoms with E-state index in [1.54, 1.807) is 11.1 Å². The lowest BCUT2D eigenvalue weighted by Crippen LogP contribution is -2.45. The van der Waals surface area contributed by atoms with Gasteiger partial charge in [-0.2, -0.15) is 0 Å². The van der Waals surface area contributed by atoms with Crippen LogP contribution in [0, 0.1) is 5.92 Å². The first-order valence-electron chi connectivity index (χ1n) is 20.5. The van der Waals surface area contributed by atoms with Crippen molar-refractivity contribution in [1.29, 1.82) is 0 Å². The lowest BCUT2D eigenvalue weighted by molar-refractivity contribution is 0.409. The fraction of sp³-hybridized carbons (Fsp3) is 0.196. The van der Waals surface area contributed by atoms with Crippen LogP contribution >= 0.6 is 11.8 Å². The third-order valence-corrected chi connectivity index (χ3v) is 14.2. The van der Waals surface area contributed by atoms with Gasteiger partial charge in [0.15, 0.2) is 0 Å². The van der Waals surface area contributed by atoms with Gasteiger partial charge >= 0.3 is 0 Å². The Balaban J connectivity index is 0.872. The molecule has 6 heteroatoms. The quantitative estimate of drug-likeness (QED) is 0.187. The molecule has 278 valence electrons. The van der Waals surface area contributed by atoms with E-state index >= 15 is 0 Å². The number of aliphatic imine (C=N–C) groups is 1. The van der Waals surface area contributed by atoms with E-state index in [4.69, 9.17) is 9.73 Å². The second-order valence-electron chi connectivity index (χ2n) is 16.0. The number of allylic oxidation sites excluding steroid dienone is 11. The SMILES string of the molecule is C1=CC2=C(CC1)C1=CC(C3C=Cc4c(c5ccccc5n4C4=CCC5C(=C4)Oc4cccc(C6=NC(c7ccccc7)NC(c7ccccc7)N6)c45)C3)=CCC1S2. The highest BCUT2D eigenvalue weighted by Gasteiger charge is 2.38. The number of ether oxygens (including phenoxy) is 1. The van der Waals surface area contributed by atoms with Crippen LogP contribution in [-0.2, 0) is 6.42 Å². The first kappa shape index (κ1) is 33.3. The predicted octanol–water partition coefficient (Wildman–Crippen LogP) is 11.4. The second-order valence-corrected chi connectivity index (χ2v) is 17.3. The van der Waals surface area contributed by atoms with Gasteiger partial charge in [-0.3, -0.25) is 5.32 Å². The van der Waals surface area contributed by atoms with E-state index in [2.05, 4.69) is 179 Å². The van der Waals surface area contributed by atoms with Crippen molar-refractivity contribution in [2.75, 3.05) is 0 Å². The third kappa shape index (κ3) is 5.53. The number of amidine groups is 1. The molecule has 57 heavy (non-hydrogen) atoms. The number of aromatic nitrogens is 1. The molecule has 1 aromatic heterocycles. The molecule has 5 nitrogen and oxygen atoms in total. The smallest absolute Gasteiger partial charge is 0.132 e. The molecule has 0 radical (unpaired) electrons. The Kier molecular flexibility index (Phi) is 7.83. The van der Waals surface area contributed by atoms with E-state index in [9.17, 15) is 0 Å². The minimum atomic E-state index is -0.191. The van der Waals surface area contributed by atoms with E-state index in [0.717, 1.165) is 54.2 Å². The van der Waals surface area contributed by atoms with Crippen LogP contribution in [-0.4, -0.2) is 15.7 Å². The van der Waals surface area contributed by atoms with Crippen molar-refractivity contribution in [2.45, 2.75) is 55.6 Å². The van der Waals surface area contributed by atoms with Gasteiger partial charge in [-0.05, 0) is 83.7 Å². The zero-order valence-corrected chi connectivity index (χ0v) is 32.4. The van der Waals surface area contributed by atoms with Gasteiger partial charge in [-0.1, -0.05) is 127 Å². The number of fused-ring (bicyclic) bond motifs is 8. The maximum atomic E-state index is 6.79. The summed E-state index contributed by atoms with van der Waals surface area (Å²) in [6.07, 6.45) is 24.4. The summed E-state index contributed by atoms with van der Waals surface area (Å²) in [5, 5.41) is 9.44. The van der Waals surface area contributed by atoms with E-state index in [-0.39, 0.29) is 18.2 Å². The second kappa shape index (κ2) is 13.4. The minimum absolute atomic E-state index is 0.0972. The van der Waals surface area contributed by atoms with Crippen molar-refractivity contribution in [3.63, 3.8) is 0 Å². The van der Waals surface area contributed by atoms with Crippen molar-refractivity contribution < 1.29 is 4.74 Å². The normalized spacial score (nSPS) is 25.5. The number of para-hydroxylation sites is 1. The molecule has 5 aromatic rings. The monoisotopic (exact) mass is 758 g/mol. The zero-order valence-electron chi connectivity index (χ0n) is 31.6. The number of hydrogen-bond donors (Lipinski definition) is 2. The number of benzene rings is 4. The molecular weight excluding hydrogens is 717 g/mol. The van der Waals surface area contributed by atoms with E-state index in [1.807, 2.05) is 0 Å². The van der Waals surface area contributed by atoms with Gasteiger partial charge in [0.25, 0.3) is 0 Å². The maximum absolute atomic E-state index is 6.79. The minimum Gasteiger partial charge on any atom is -0.461 e. The molecule has 0 amide bonds. The summed E-state index contributed by atoms with van der Waals surface area (Å²) >= 11 is 2.07. The summed E-state index contributed by atoms with van der Waals surface area (Å²) < 4.78 is 9.26. The number of thioether (sulfide) groups is 1. The predicted molar refractivity (Wildman–Crippen MR) is 234 cm³/mol. The Morgan fingerprint density at radius 2 is 1.65 bits per heavy atom. The molecule has 0 fully saturated rings. The van der Waals surface area contributed by atoms with Crippen molar-refractivity contribution in [3.8, 4) is 5.75 Å². The number of rotatable bonds is 5. The zero-order chi connectivity index (χ0) is 37.5. The van der Waals surface area contributed by atoms with Crippen LogP contribution in [0.25, 0.3) is 22.7 Å². The van der Waals surface area contributed by atoms with E-state index in [1.165, 1.54) is 55.9 Å². The van der Waals surface area contributed by atoms with Gasteiger partial charge < -0.3 is 14.6 Å². The molecule has 4 aromatic carbocycles. The topological polar surface area (TPSA) is 50.6 Å². The maximum Gasteiger partial charge on any atom is 0.132 e. The molecular formula is C51H42N4OS. The van der Waals surface area contributed by atoms with Crippen LogP contribution in [0.3, 0.4) is 0 Å². The third-order valence-electron chi connectivity index (χ3n) is 12.8. The highest BCUT2D eigenvalue weighted by atomic mass is 32.2. The summed E-state index contributed by atoms with van der Waals surface area (Å²) in [6, 6.07) is 36.5. The summed E-state index contributed by atoms with van der Waals surface area (Å²) in [5.74, 6) is 3.30. The Hall–Kier alpha value is -5.82. The van der Waals surface area contributed by atoms with E-state index in [0.29, 0.717) is 11.2 Å². The molecule has 0 spiro atoms. The molecule has 5 unspecified atom stereocenters. The lowest BCUT2D eigenvalue weighted by Gasteiger charge is -2.33. The van der Waals surface area contributed by atoms with Gasteiger partial charge in [-0.15, -0.1) is 11.8 Å². The average Bonchev–Trinajstić information content (AvgIpc) is 3.95. The molecule has 4 heterocycles. The van der Waals surface area contributed by atoms with Crippen LogP contribution < -0.4 is 15.4 Å². The van der Waals surface area contributed by atoms with Crippen LogP contribution in [0.15, 0.2) is 178 Å². The van der Waals surface area contributed by atoms with Gasteiger partial charge in [0, 0.05) is 50.1 Å². The van der Waals surface area contributed by atoms with Crippen LogP contribution in [0.2, 0.25) is 0 Å². The summed E-state index contributed by atoms with van der Waals surface area (Å²) in [5.41, 5.74) is 14.4. The van der Waals surface area contributed by atoms with E-state index < -0.39 is 0 Å². The molecule has 4 aliphatic carbocycles. The molecule has 0 saturated heterocycles. The van der Waals surface area contributed by atoms with Gasteiger partial charge in [0.05, 0.1) is 11.4 Å². The summed E-state index contributed by atoms with van der Waals surface area (Å²) in [6.45, 7) is 0. The first-order chi connectivity index (χ1) is 28.2. The average molecular weight is 759 g/mol. The number of nitrogens with zero attached hydrogens (tertiary/aromatic N) is 2.